The van der Waals surface area contributed by atoms with E-state index >= 15 is 0 Å². The zero-order valence-corrected chi connectivity index (χ0v) is 13.5. The molecule has 0 saturated heterocycles. The minimum atomic E-state index is 0.0496. The van der Waals surface area contributed by atoms with Crippen LogP contribution in [0.15, 0.2) is 24.4 Å². The highest BCUT2D eigenvalue weighted by Gasteiger charge is 2.24. The normalized spacial score (nSPS) is 12.9. The third-order valence-electron chi connectivity index (χ3n) is 3.67. The number of nitrogens with one attached hydrogen (secondary N) is 1. The van der Waals surface area contributed by atoms with E-state index in [4.69, 9.17) is 11.6 Å². The monoisotopic (exact) mass is 291 g/mol. The van der Waals surface area contributed by atoms with Gasteiger partial charge in [0.25, 0.3) is 0 Å². The van der Waals surface area contributed by atoms with E-state index in [0.717, 1.165) is 5.69 Å². The molecule has 2 aromatic rings. The van der Waals surface area contributed by atoms with Gasteiger partial charge in [-0.1, -0.05) is 29.8 Å². The second-order valence-electron chi connectivity index (χ2n) is 5.44. The fourth-order valence-corrected chi connectivity index (χ4v) is 2.97. The maximum atomic E-state index is 6.39. The van der Waals surface area contributed by atoms with Crippen molar-refractivity contribution in [1.29, 1.82) is 0 Å². The van der Waals surface area contributed by atoms with Gasteiger partial charge in [0.15, 0.2) is 0 Å². The fourth-order valence-electron chi connectivity index (χ4n) is 2.73. The summed E-state index contributed by atoms with van der Waals surface area (Å²) < 4.78 is 2.00. The van der Waals surface area contributed by atoms with E-state index in [0.29, 0.717) is 5.02 Å². The molecular formula is C16H22ClN3. The van der Waals surface area contributed by atoms with Crippen molar-refractivity contribution < 1.29 is 0 Å². The van der Waals surface area contributed by atoms with Crippen molar-refractivity contribution in [3.63, 3.8) is 0 Å². The summed E-state index contributed by atoms with van der Waals surface area (Å²) >= 11 is 6.39. The molecule has 1 aromatic heterocycles. The van der Waals surface area contributed by atoms with Gasteiger partial charge in [0.1, 0.15) is 0 Å². The predicted octanol–water partition coefficient (Wildman–Crippen LogP) is 4.04. The van der Waals surface area contributed by atoms with Gasteiger partial charge in [-0.05, 0) is 51.4 Å². The van der Waals surface area contributed by atoms with Gasteiger partial charge in [-0.25, -0.2) is 0 Å². The van der Waals surface area contributed by atoms with Crippen LogP contribution in [-0.4, -0.2) is 16.8 Å². The summed E-state index contributed by atoms with van der Waals surface area (Å²) in [7, 11) is 1.96. The lowest BCUT2D eigenvalue weighted by atomic mass is 9.94. The molecule has 1 N–H and O–H groups in total. The fraction of sp³-hybridized carbons (Fsp3) is 0.438. The van der Waals surface area contributed by atoms with Crippen LogP contribution in [0, 0.1) is 13.8 Å². The van der Waals surface area contributed by atoms with Crippen LogP contribution < -0.4 is 5.32 Å². The second kappa shape index (κ2) is 5.98. The Bertz CT molecular complexity index is 582. The molecule has 1 unspecified atom stereocenters. The molecule has 1 heterocycles. The molecule has 4 heteroatoms. The molecule has 0 aliphatic carbocycles. The van der Waals surface area contributed by atoms with Gasteiger partial charge in [-0.15, -0.1) is 0 Å². The topological polar surface area (TPSA) is 29.9 Å². The lowest BCUT2D eigenvalue weighted by molar-refractivity contribution is 0.483. The summed E-state index contributed by atoms with van der Waals surface area (Å²) in [4.78, 5) is 0. The number of rotatable bonds is 4. The molecule has 1 aromatic carbocycles. The first kappa shape index (κ1) is 15.1. The zero-order valence-electron chi connectivity index (χ0n) is 12.7. The highest BCUT2D eigenvalue weighted by molar-refractivity contribution is 6.31. The van der Waals surface area contributed by atoms with E-state index in [1.54, 1.807) is 6.20 Å². The van der Waals surface area contributed by atoms with Crippen LogP contribution in [0.3, 0.4) is 0 Å². The van der Waals surface area contributed by atoms with Crippen molar-refractivity contribution in [3.8, 4) is 0 Å². The molecule has 0 bridgehead atoms. The number of aromatic nitrogens is 2. The Morgan fingerprint density at radius 3 is 2.30 bits per heavy atom. The first-order chi connectivity index (χ1) is 9.47. The molecule has 0 amide bonds. The third-order valence-corrected chi connectivity index (χ3v) is 3.96. The van der Waals surface area contributed by atoms with Crippen molar-refractivity contribution >= 4 is 11.6 Å². The quantitative estimate of drug-likeness (QED) is 0.921. The number of nitrogens with zero attached hydrogens (tertiary/aromatic N) is 2. The Hall–Kier alpha value is -1.32. The van der Waals surface area contributed by atoms with Crippen molar-refractivity contribution in [2.75, 3.05) is 7.05 Å². The Labute approximate surface area is 126 Å². The Morgan fingerprint density at radius 2 is 1.80 bits per heavy atom. The molecule has 3 nitrogen and oxygen atoms in total. The van der Waals surface area contributed by atoms with Gasteiger partial charge in [0.05, 0.1) is 23.0 Å². The van der Waals surface area contributed by atoms with Crippen LogP contribution >= 0.6 is 11.6 Å². The van der Waals surface area contributed by atoms with Crippen LogP contribution in [0.2, 0.25) is 5.02 Å². The number of aryl methyl sites for hydroxylation is 2. The zero-order chi connectivity index (χ0) is 14.9. The number of hydrogen-bond donors (Lipinski definition) is 1. The molecule has 0 aliphatic rings. The van der Waals surface area contributed by atoms with Crippen molar-refractivity contribution in [2.45, 2.75) is 39.8 Å². The first-order valence-corrected chi connectivity index (χ1v) is 7.31. The molecule has 2 rings (SSSR count). The minimum Gasteiger partial charge on any atom is -0.308 e. The highest BCUT2D eigenvalue weighted by Crippen LogP contribution is 2.33. The lowest BCUT2D eigenvalue weighted by Gasteiger charge is -2.24. The van der Waals surface area contributed by atoms with Gasteiger partial charge >= 0.3 is 0 Å². The summed E-state index contributed by atoms with van der Waals surface area (Å²) in [6.07, 6.45) is 1.73. The van der Waals surface area contributed by atoms with Gasteiger partial charge < -0.3 is 5.32 Å². The molecule has 108 valence electrons. The molecule has 0 saturated carbocycles. The van der Waals surface area contributed by atoms with Gasteiger partial charge in [-0.2, -0.15) is 5.10 Å². The van der Waals surface area contributed by atoms with E-state index in [1.807, 2.05) is 11.7 Å². The molecule has 0 radical (unpaired) electrons. The molecule has 0 fully saturated rings. The van der Waals surface area contributed by atoms with E-state index in [9.17, 15) is 0 Å². The van der Waals surface area contributed by atoms with Crippen LogP contribution in [0.25, 0.3) is 0 Å². The molecule has 0 spiro atoms. The summed E-state index contributed by atoms with van der Waals surface area (Å²) in [6.45, 7) is 8.50. The minimum absolute atomic E-state index is 0.0496. The summed E-state index contributed by atoms with van der Waals surface area (Å²) in [5, 5.41) is 8.52. The average molecular weight is 292 g/mol. The Morgan fingerprint density at radius 1 is 1.20 bits per heavy atom. The number of halogens is 1. The van der Waals surface area contributed by atoms with Crippen LogP contribution in [-0.2, 0) is 0 Å². The second-order valence-corrected chi connectivity index (χ2v) is 5.85. The van der Waals surface area contributed by atoms with Crippen molar-refractivity contribution in [3.05, 3.63) is 51.8 Å². The van der Waals surface area contributed by atoms with E-state index in [2.05, 4.69) is 56.3 Å². The SMILES string of the molecule is CNC(c1c(C)cccc1C)c1c(Cl)cnn1C(C)C. The lowest BCUT2D eigenvalue weighted by Crippen LogP contribution is -2.24. The Kier molecular flexibility index (Phi) is 4.51. The summed E-state index contributed by atoms with van der Waals surface area (Å²) in [5.41, 5.74) is 4.83. The average Bonchev–Trinajstić information content (AvgIpc) is 2.76. The van der Waals surface area contributed by atoms with Gasteiger partial charge in [0, 0.05) is 6.04 Å². The first-order valence-electron chi connectivity index (χ1n) is 6.93. The summed E-state index contributed by atoms with van der Waals surface area (Å²) in [5.74, 6) is 0. The number of benzene rings is 1. The predicted molar refractivity (Wildman–Crippen MR) is 84.4 cm³/mol. The number of hydrogen-bond acceptors (Lipinski definition) is 2. The molecule has 1 atom stereocenters. The van der Waals surface area contributed by atoms with E-state index in [1.165, 1.54) is 16.7 Å². The molecule has 20 heavy (non-hydrogen) atoms. The van der Waals surface area contributed by atoms with Crippen molar-refractivity contribution in [2.24, 2.45) is 0 Å². The Balaban J connectivity index is 2.62. The maximum absolute atomic E-state index is 6.39. The van der Waals surface area contributed by atoms with Crippen molar-refractivity contribution in [1.82, 2.24) is 15.1 Å². The standard InChI is InChI=1S/C16H22ClN3/c1-10(2)20-16(13(17)9-19-20)15(18-5)14-11(3)7-6-8-12(14)4/h6-10,15,18H,1-5H3. The highest BCUT2D eigenvalue weighted by atomic mass is 35.5. The van der Waals surface area contributed by atoms with Gasteiger partial charge in [-0.3, -0.25) is 4.68 Å². The van der Waals surface area contributed by atoms with Crippen LogP contribution in [0.5, 0.6) is 0 Å². The van der Waals surface area contributed by atoms with Crippen LogP contribution in [0.1, 0.15) is 48.3 Å². The van der Waals surface area contributed by atoms with E-state index < -0.39 is 0 Å². The van der Waals surface area contributed by atoms with Crippen LogP contribution in [0.4, 0.5) is 0 Å². The maximum Gasteiger partial charge on any atom is 0.0837 e. The third kappa shape index (κ3) is 2.60. The summed E-state index contributed by atoms with van der Waals surface area (Å²) in [6, 6.07) is 6.68. The molecule has 0 aliphatic heterocycles. The largest absolute Gasteiger partial charge is 0.308 e. The molecular weight excluding hydrogens is 270 g/mol. The van der Waals surface area contributed by atoms with Gasteiger partial charge in [0.2, 0.25) is 0 Å². The van der Waals surface area contributed by atoms with E-state index in [-0.39, 0.29) is 12.1 Å². The smallest absolute Gasteiger partial charge is 0.0837 e.